The van der Waals surface area contributed by atoms with E-state index in [4.69, 9.17) is 23.9 Å². The number of nitrogens with zero attached hydrogens (tertiary/aromatic N) is 3. The summed E-state index contributed by atoms with van der Waals surface area (Å²) >= 11 is 1.40. The lowest BCUT2D eigenvalue weighted by molar-refractivity contribution is -0.151. The average molecular weight is 558 g/mol. The second kappa shape index (κ2) is 12.6. The largest absolute Gasteiger partial charge is 0.497 e. The quantitative estimate of drug-likeness (QED) is 0.416. The molecule has 0 saturated carbocycles. The van der Waals surface area contributed by atoms with E-state index in [1.807, 2.05) is 22.4 Å². The first-order chi connectivity index (χ1) is 18.8. The standard InChI is InChI=1S/C28H35N3O7S/c1-6-37-26(33)18-9-8-12-30(15-18)23(32)13-19-16-39-28-29-17(3)24(27(34)38-7-2)25(31(19)28)21-11-10-20(35-4)14-22(21)36-5/h10-11,14,16,18,25H,6-9,12-13,15H2,1-5H3. The van der Waals surface area contributed by atoms with E-state index in [0.29, 0.717) is 65.3 Å². The van der Waals surface area contributed by atoms with Gasteiger partial charge in [-0.05, 0) is 51.2 Å². The Bertz CT molecular complexity index is 1230. The molecule has 1 amide bonds. The number of likely N-dealkylation sites (tertiary alicyclic amines) is 1. The van der Waals surface area contributed by atoms with Crippen LogP contribution in [-0.4, -0.2) is 73.3 Å². The number of methoxy groups -OCH3 is 2. The maximum Gasteiger partial charge on any atom is 0.338 e. The fourth-order valence-electron chi connectivity index (χ4n) is 5.10. The molecule has 210 valence electrons. The summed E-state index contributed by atoms with van der Waals surface area (Å²) in [5.74, 6) is -0.00716. The van der Waals surface area contributed by atoms with Crippen LogP contribution in [0.4, 0.5) is 0 Å². The summed E-state index contributed by atoms with van der Waals surface area (Å²) in [7, 11) is 3.14. The number of allylic oxidation sites excluding steroid dienone is 1. The molecule has 11 heteroatoms. The van der Waals surface area contributed by atoms with E-state index < -0.39 is 12.0 Å². The molecule has 3 aliphatic heterocycles. The Morgan fingerprint density at radius 1 is 1.10 bits per heavy atom. The summed E-state index contributed by atoms with van der Waals surface area (Å²) in [5.41, 5.74) is 2.35. The number of hydrogen-bond acceptors (Lipinski definition) is 10. The van der Waals surface area contributed by atoms with Crippen molar-refractivity contribution in [3.63, 3.8) is 0 Å². The van der Waals surface area contributed by atoms with Crippen molar-refractivity contribution in [2.45, 2.75) is 46.1 Å². The molecule has 0 spiro atoms. The van der Waals surface area contributed by atoms with E-state index in [0.717, 1.165) is 6.42 Å². The Kier molecular flexibility index (Phi) is 9.21. The van der Waals surface area contributed by atoms with Crippen molar-refractivity contribution < 1.29 is 33.3 Å². The number of benzene rings is 1. The number of hydrogen-bond donors (Lipinski definition) is 0. The molecule has 1 saturated heterocycles. The van der Waals surface area contributed by atoms with Crippen molar-refractivity contribution in [3.05, 3.63) is 46.1 Å². The lowest BCUT2D eigenvalue weighted by Crippen LogP contribution is -2.44. The summed E-state index contributed by atoms with van der Waals surface area (Å²) in [5, 5.41) is 2.56. The van der Waals surface area contributed by atoms with Crippen LogP contribution in [0.3, 0.4) is 0 Å². The summed E-state index contributed by atoms with van der Waals surface area (Å²) in [6, 6.07) is 4.80. The molecule has 4 rings (SSSR count). The van der Waals surface area contributed by atoms with Gasteiger partial charge < -0.3 is 28.7 Å². The van der Waals surface area contributed by atoms with Crippen LogP contribution in [0.5, 0.6) is 11.5 Å². The number of aliphatic imine (C=N–C) groups is 1. The first-order valence-electron chi connectivity index (χ1n) is 13.1. The first kappa shape index (κ1) is 28.5. The van der Waals surface area contributed by atoms with Crippen LogP contribution in [0.15, 0.2) is 45.6 Å². The van der Waals surface area contributed by atoms with Gasteiger partial charge >= 0.3 is 11.9 Å². The molecule has 39 heavy (non-hydrogen) atoms. The van der Waals surface area contributed by atoms with Gasteiger partial charge in [-0.2, -0.15) is 0 Å². The molecule has 1 aromatic carbocycles. The predicted molar refractivity (Wildman–Crippen MR) is 147 cm³/mol. The highest BCUT2D eigenvalue weighted by Crippen LogP contribution is 2.47. The molecule has 10 nitrogen and oxygen atoms in total. The molecular formula is C28H35N3O7S. The van der Waals surface area contributed by atoms with Gasteiger partial charge in [0.05, 0.1) is 57.1 Å². The number of esters is 2. The predicted octanol–water partition coefficient (Wildman–Crippen LogP) is 4.03. The molecule has 1 fully saturated rings. The van der Waals surface area contributed by atoms with Crippen LogP contribution in [-0.2, 0) is 23.9 Å². The van der Waals surface area contributed by atoms with Crippen molar-refractivity contribution in [2.75, 3.05) is 40.5 Å². The Balaban J connectivity index is 1.66. The second-order valence-electron chi connectivity index (χ2n) is 9.33. The number of thioether (sulfide) groups is 1. The monoisotopic (exact) mass is 557 g/mol. The van der Waals surface area contributed by atoms with E-state index in [1.165, 1.54) is 11.8 Å². The average Bonchev–Trinajstić information content (AvgIpc) is 3.33. The number of rotatable bonds is 9. The van der Waals surface area contributed by atoms with Crippen LogP contribution in [0.25, 0.3) is 0 Å². The van der Waals surface area contributed by atoms with Crippen molar-refractivity contribution in [3.8, 4) is 11.5 Å². The van der Waals surface area contributed by atoms with E-state index >= 15 is 0 Å². The highest BCUT2D eigenvalue weighted by atomic mass is 32.2. The highest BCUT2D eigenvalue weighted by molar-refractivity contribution is 8.16. The van der Waals surface area contributed by atoms with Crippen LogP contribution in [0, 0.1) is 5.92 Å². The van der Waals surface area contributed by atoms with Gasteiger partial charge in [-0.15, -0.1) is 0 Å². The van der Waals surface area contributed by atoms with Gasteiger partial charge in [-0.3, -0.25) is 9.59 Å². The first-order valence-corrected chi connectivity index (χ1v) is 14.0. The zero-order chi connectivity index (χ0) is 28.1. The number of ether oxygens (including phenoxy) is 4. The minimum Gasteiger partial charge on any atom is -0.497 e. The highest BCUT2D eigenvalue weighted by Gasteiger charge is 2.43. The minimum atomic E-state index is -0.625. The van der Waals surface area contributed by atoms with Gasteiger partial charge in [0.15, 0.2) is 5.17 Å². The molecule has 0 aromatic heterocycles. The molecule has 0 radical (unpaired) electrons. The van der Waals surface area contributed by atoms with E-state index in [-0.39, 0.29) is 30.8 Å². The number of carbonyl (C=O) groups excluding carboxylic acids is 3. The van der Waals surface area contributed by atoms with Gasteiger partial charge in [0, 0.05) is 30.4 Å². The summed E-state index contributed by atoms with van der Waals surface area (Å²) in [6.07, 6.45) is 1.53. The van der Waals surface area contributed by atoms with Crippen molar-refractivity contribution in [1.29, 1.82) is 0 Å². The molecule has 1 aromatic rings. The lowest BCUT2D eigenvalue weighted by Gasteiger charge is -2.37. The van der Waals surface area contributed by atoms with Crippen molar-refractivity contribution in [1.82, 2.24) is 9.80 Å². The van der Waals surface area contributed by atoms with Crippen LogP contribution >= 0.6 is 11.8 Å². The summed E-state index contributed by atoms with van der Waals surface area (Å²) in [4.78, 5) is 47.4. The topological polar surface area (TPSA) is 107 Å². The van der Waals surface area contributed by atoms with Gasteiger partial charge in [-0.25, -0.2) is 9.79 Å². The normalized spacial score (nSPS) is 20.6. The molecule has 0 bridgehead atoms. The van der Waals surface area contributed by atoms with Crippen molar-refractivity contribution >= 4 is 34.8 Å². The third-order valence-corrected chi connectivity index (χ3v) is 7.85. The third-order valence-electron chi connectivity index (χ3n) is 6.96. The van der Waals surface area contributed by atoms with Crippen molar-refractivity contribution in [2.24, 2.45) is 10.9 Å². The van der Waals surface area contributed by atoms with Crippen LogP contribution in [0.1, 0.15) is 51.6 Å². The fourth-order valence-corrected chi connectivity index (χ4v) is 6.07. The number of amides is 1. The second-order valence-corrected chi connectivity index (χ2v) is 10.2. The lowest BCUT2D eigenvalue weighted by atomic mass is 9.92. The Morgan fingerprint density at radius 3 is 2.56 bits per heavy atom. The molecule has 3 aliphatic rings. The zero-order valence-corrected chi connectivity index (χ0v) is 23.8. The van der Waals surface area contributed by atoms with Gasteiger partial charge in [-0.1, -0.05) is 11.8 Å². The number of carbonyl (C=O) groups is 3. The maximum atomic E-state index is 13.5. The van der Waals surface area contributed by atoms with Gasteiger partial charge in [0.1, 0.15) is 11.5 Å². The summed E-state index contributed by atoms with van der Waals surface area (Å²) < 4.78 is 21.7. The number of fused-ring (bicyclic) bond motifs is 1. The van der Waals surface area contributed by atoms with E-state index in [2.05, 4.69) is 0 Å². The number of piperidine rings is 1. The molecular weight excluding hydrogens is 522 g/mol. The van der Waals surface area contributed by atoms with Gasteiger partial charge in [0.25, 0.3) is 0 Å². The molecule has 2 unspecified atom stereocenters. The molecule has 3 heterocycles. The Hall–Kier alpha value is -3.47. The third kappa shape index (κ3) is 5.93. The zero-order valence-electron chi connectivity index (χ0n) is 23.0. The maximum absolute atomic E-state index is 13.5. The smallest absolute Gasteiger partial charge is 0.338 e. The Labute approximate surface area is 233 Å². The van der Waals surface area contributed by atoms with E-state index in [1.54, 1.807) is 46.0 Å². The fraction of sp³-hybridized carbons (Fsp3) is 0.500. The number of amidine groups is 1. The summed E-state index contributed by atoms with van der Waals surface area (Å²) in [6.45, 7) is 6.77. The van der Waals surface area contributed by atoms with Gasteiger partial charge in [0.2, 0.25) is 5.91 Å². The molecule has 2 atom stereocenters. The van der Waals surface area contributed by atoms with E-state index in [9.17, 15) is 14.4 Å². The van der Waals surface area contributed by atoms with Crippen LogP contribution in [0.2, 0.25) is 0 Å². The Morgan fingerprint density at radius 2 is 1.87 bits per heavy atom. The van der Waals surface area contributed by atoms with Crippen LogP contribution < -0.4 is 9.47 Å². The molecule has 0 aliphatic carbocycles. The molecule has 0 N–H and O–H groups in total. The SMILES string of the molecule is CCOC(=O)C1=C(C)N=C2SC=C(CC(=O)N3CCCC(C(=O)OCC)C3)N2C1c1ccc(OC)cc1OC. The minimum absolute atomic E-state index is 0.0890.